The second-order valence-electron chi connectivity index (χ2n) is 7.04. The van der Waals surface area contributed by atoms with Crippen LogP contribution in [-0.4, -0.2) is 29.9 Å². The number of likely N-dealkylation sites (tertiary alicyclic amines) is 1. The normalized spacial score (nSPS) is 27.1. The zero-order chi connectivity index (χ0) is 17.6. The third-order valence-electron chi connectivity index (χ3n) is 5.37. The highest BCUT2D eigenvalue weighted by molar-refractivity contribution is 5.85. The Kier molecular flexibility index (Phi) is 5.30. The average Bonchev–Trinajstić information content (AvgIpc) is 3.29. The van der Waals surface area contributed by atoms with E-state index >= 15 is 0 Å². The summed E-state index contributed by atoms with van der Waals surface area (Å²) in [5.74, 6) is -1.38. The van der Waals surface area contributed by atoms with Crippen molar-refractivity contribution < 1.29 is 13.6 Å². The Hall–Kier alpha value is -1.98. The van der Waals surface area contributed by atoms with Gasteiger partial charge >= 0.3 is 0 Å². The maximum Gasteiger partial charge on any atom is 0.226 e. The van der Waals surface area contributed by atoms with E-state index in [9.17, 15) is 13.6 Å². The highest BCUT2D eigenvalue weighted by Crippen LogP contribution is 2.49. The first kappa shape index (κ1) is 18.8. The van der Waals surface area contributed by atoms with Crippen molar-refractivity contribution in [2.24, 2.45) is 11.7 Å². The second kappa shape index (κ2) is 7.33. The molecule has 0 bridgehead atoms. The lowest BCUT2D eigenvalue weighted by atomic mass is 9.95. The summed E-state index contributed by atoms with van der Waals surface area (Å²) in [4.78, 5) is 14.6. The number of halogens is 3. The standard InChI is InChI=1S/C20H20F2N2O.ClH/c21-13-6-7-14(18(22)8-13)15-9-16(15)20(25)24-10-17(19(23)11-24)12-4-2-1-3-5-12;/h1-8,15-17,19H,9-11,23H2;1H/t15?,16?,17-,19+;/m0./s1. The van der Waals surface area contributed by atoms with Crippen molar-refractivity contribution in [1.82, 2.24) is 4.90 Å². The van der Waals surface area contributed by atoms with Gasteiger partial charge in [-0.2, -0.15) is 0 Å². The molecule has 4 atom stereocenters. The third-order valence-corrected chi connectivity index (χ3v) is 5.37. The summed E-state index contributed by atoms with van der Waals surface area (Å²) in [6.45, 7) is 1.12. The molecule has 2 fully saturated rings. The molecule has 1 saturated carbocycles. The number of nitrogens with zero attached hydrogens (tertiary/aromatic N) is 1. The van der Waals surface area contributed by atoms with Gasteiger partial charge in [0.2, 0.25) is 5.91 Å². The predicted octanol–water partition coefficient (Wildman–Crippen LogP) is 3.44. The Morgan fingerprint density at radius 1 is 1.04 bits per heavy atom. The van der Waals surface area contributed by atoms with Gasteiger partial charge in [0, 0.05) is 37.0 Å². The van der Waals surface area contributed by atoms with Gasteiger partial charge in [0.25, 0.3) is 0 Å². The summed E-state index contributed by atoms with van der Waals surface area (Å²) in [5.41, 5.74) is 7.82. The zero-order valence-corrected chi connectivity index (χ0v) is 15.0. The first-order valence-electron chi connectivity index (χ1n) is 8.59. The molecular weight excluding hydrogens is 358 g/mol. The topological polar surface area (TPSA) is 46.3 Å². The minimum absolute atomic E-state index is 0. The van der Waals surface area contributed by atoms with Gasteiger partial charge < -0.3 is 10.6 Å². The molecule has 0 spiro atoms. The fourth-order valence-electron chi connectivity index (χ4n) is 3.91. The molecule has 1 aliphatic carbocycles. The summed E-state index contributed by atoms with van der Waals surface area (Å²) in [6.07, 6.45) is 0.614. The maximum atomic E-state index is 13.9. The molecule has 2 unspecified atom stereocenters. The quantitative estimate of drug-likeness (QED) is 0.889. The lowest BCUT2D eigenvalue weighted by Gasteiger charge is -2.16. The number of amides is 1. The van der Waals surface area contributed by atoms with Crippen LogP contribution in [0.1, 0.15) is 29.4 Å². The lowest BCUT2D eigenvalue weighted by Crippen LogP contribution is -2.33. The van der Waals surface area contributed by atoms with Crippen LogP contribution in [0.3, 0.4) is 0 Å². The molecule has 2 aromatic carbocycles. The molecule has 2 N–H and O–H groups in total. The van der Waals surface area contributed by atoms with Crippen molar-refractivity contribution in [1.29, 1.82) is 0 Å². The third kappa shape index (κ3) is 3.46. The van der Waals surface area contributed by atoms with Crippen LogP contribution in [0.25, 0.3) is 0 Å². The summed E-state index contributed by atoms with van der Waals surface area (Å²) < 4.78 is 27.0. The molecule has 0 radical (unpaired) electrons. The highest BCUT2D eigenvalue weighted by atomic mass is 35.5. The molecule has 2 aliphatic rings. The van der Waals surface area contributed by atoms with Gasteiger partial charge in [0.05, 0.1) is 0 Å². The van der Waals surface area contributed by atoms with Crippen LogP contribution < -0.4 is 5.73 Å². The number of benzene rings is 2. The molecule has 0 aromatic heterocycles. The predicted molar refractivity (Wildman–Crippen MR) is 98.2 cm³/mol. The van der Waals surface area contributed by atoms with Gasteiger partial charge in [0.1, 0.15) is 11.6 Å². The average molecular weight is 379 g/mol. The SMILES string of the molecule is Cl.N[C@@H]1CN(C(=O)C2CC2c2ccc(F)cc2F)C[C@H]1c1ccccc1. The Morgan fingerprint density at radius 2 is 1.77 bits per heavy atom. The molecule has 1 heterocycles. The summed E-state index contributed by atoms with van der Waals surface area (Å²) in [5, 5.41) is 0. The summed E-state index contributed by atoms with van der Waals surface area (Å²) in [6, 6.07) is 13.5. The van der Waals surface area contributed by atoms with Gasteiger partial charge in [-0.25, -0.2) is 8.78 Å². The van der Waals surface area contributed by atoms with Crippen molar-refractivity contribution in [2.75, 3.05) is 13.1 Å². The van der Waals surface area contributed by atoms with Crippen LogP contribution in [0.5, 0.6) is 0 Å². The molecule has 1 saturated heterocycles. The number of carbonyl (C=O) groups is 1. The zero-order valence-electron chi connectivity index (χ0n) is 14.1. The van der Waals surface area contributed by atoms with E-state index in [0.29, 0.717) is 25.1 Å². The van der Waals surface area contributed by atoms with Gasteiger partial charge in [-0.1, -0.05) is 36.4 Å². The summed E-state index contributed by atoms with van der Waals surface area (Å²) >= 11 is 0. The monoisotopic (exact) mass is 378 g/mol. The molecule has 26 heavy (non-hydrogen) atoms. The Labute approximate surface area is 157 Å². The van der Waals surface area contributed by atoms with Crippen LogP contribution in [0.2, 0.25) is 0 Å². The van der Waals surface area contributed by atoms with Gasteiger partial charge in [-0.05, 0) is 29.5 Å². The molecule has 138 valence electrons. The molecule has 1 aliphatic heterocycles. The lowest BCUT2D eigenvalue weighted by molar-refractivity contribution is -0.131. The van der Waals surface area contributed by atoms with E-state index in [4.69, 9.17) is 5.73 Å². The van der Waals surface area contributed by atoms with Gasteiger partial charge in [0.15, 0.2) is 0 Å². The van der Waals surface area contributed by atoms with E-state index in [-0.39, 0.29) is 42.1 Å². The Morgan fingerprint density at radius 3 is 2.46 bits per heavy atom. The minimum Gasteiger partial charge on any atom is -0.340 e. The first-order chi connectivity index (χ1) is 12.0. The number of carbonyl (C=O) groups excluding carboxylic acids is 1. The molecular formula is C20H21ClF2N2O. The van der Waals surface area contributed by atoms with Crippen LogP contribution >= 0.6 is 12.4 Å². The molecule has 4 rings (SSSR count). The van der Waals surface area contributed by atoms with E-state index in [1.54, 1.807) is 4.90 Å². The van der Waals surface area contributed by atoms with E-state index in [1.807, 2.05) is 30.3 Å². The van der Waals surface area contributed by atoms with E-state index < -0.39 is 11.6 Å². The van der Waals surface area contributed by atoms with E-state index in [2.05, 4.69) is 0 Å². The molecule has 6 heteroatoms. The molecule has 1 amide bonds. The fourth-order valence-corrected chi connectivity index (χ4v) is 3.91. The number of hydrogen-bond acceptors (Lipinski definition) is 2. The van der Waals surface area contributed by atoms with Crippen molar-refractivity contribution in [3.63, 3.8) is 0 Å². The minimum atomic E-state index is -0.596. The fraction of sp³-hybridized carbons (Fsp3) is 0.350. The smallest absolute Gasteiger partial charge is 0.226 e. The van der Waals surface area contributed by atoms with Crippen molar-refractivity contribution in [3.05, 3.63) is 71.3 Å². The maximum absolute atomic E-state index is 13.9. The second-order valence-corrected chi connectivity index (χ2v) is 7.04. The van der Waals surface area contributed by atoms with E-state index in [1.165, 1.54) is 12.1 Å². The molecule has 3 nitrogen and oxygen atoms in total. The highest BCUT2D eigenvalue weighted by Gasteiger charge is 2.48. The van der Waals surface area contributed by atoms with Gasteiger partial charge in [-0.15, -0.1) is 12.4 Å². The van der Waals surface area contributed by atoms with Crippen LogP contribution in [0, 0.1) is 17.6 Å². The Balaban J connectivity index is 0.00000196. The Bertz CT molecular complexity index is 802. The van der Waals surface area contributed by atoms with Crippen LogP contribution in [-0.2, 0) is 4.79 Å². The largest absolute Gasteiger partial charge is 0.340 e. The summed E-state index contributed by atoms with van der Waals surface area (Å²) in [7, 11) is 0. The molecule has 2 aromatic rings. The van der Waals surface area contributed by atoms with E-state index in [0.717, 1.165) is 11.6 Å². The van der Waals surface area contributed by atoms with Crippen molar-refractivity contribution >= 4 is 18.3 Å². The van der Waals surface area contributed by atoms with Crippen molar-refractivity contribution in [2.45, 2.75) is 24.3 Å². The van der Waals surface area contributed by atoms with Crippen LogP contribution in [0.4, 0.5) is 8.78 Å². The van der Waals surface area contributed by atoms with Crippen LogP contribution in [0.15, 0.2) is 48.5 Å². The number of hydrogen-bond donors (Lipinski definition) is 1. The first-order valence-corrected chi connectivity index (χ1v) is 8.59. The van der Waals surface area contributed by atoms with Gasteiger partial charge in [-0.3, -0.25) is 4.79 Å². The van der Waals surface area contributed by atoms with Crippen molar-refractivity contribution in [3.8, 4) is 0 Å². The number of rotatable bonds is 3. The number of nitrogens with two attached hydrogens (primary N) is 1.